The Morgan fingerprint density at radius 1 is 1.21 bits per heavy atom. The Labute approximate surface area is 141 Å². The van der Waals surface area contributed by atoms with Crippen LogP contribution in [0.4, 0.5) is 4.79 Å². The van der Waals surface area contributed by atoms with E-state index in [-0.39, 0.29) is 24.0 Å². The van der Waals surface area contributed by atoms with E-state index in [0.29, 0.717) is 38.5 Å². The van der Waals surface area contributed by atoms with Gasteiger partial charge in [-0.2, -0.15) is 5.26 Å². The summed E-state index contributed by atoms with van der Waals surface area (Å²) in [6.07, 6.45) is 3.47. The number of carboxylic acids is 1. The summed E-state index contributed by atoms with van der Waals surface area (Å²) in [4.78, 5) is 23.2. The Morgan fingerprint density at radius 2 is 1.88 bits per heavy atom. The van der Waals surface area contributed by atoms with Crippen molar-refractivity contribution in [2.75, 3.05) is 0 Å². The lowest BCUT2D eigenvalue weighted by Gasteiger charge is -2.28. The van der Waals surface area contributed by atoms with Gasteiger partial charge in [-0.3, -0.25) is 4.79 Å². The zero-order valence-electron chi connectivity index (χ0n) is 13.6. The maximum absolute atomic E-state index is 12.3. The molecule has 1 aliphatic carbocycles. The van der Waals surface area contributed by atoms with Crippen LogP contribution in [0.25, 0.3) is 0 Å². The van der Waals surface area contributed by atoms with Crippen LogP contribution in [0.15, 0.2) is 30.3 Å². The van der Waals surface area contributed by atoms with Crippen LogP contribution in [0.5, 0.6) is 0 Å². The zero-order chi connectivity index (χ0) is 17.4. The minimum atomic E-state index is -0.751. The molecule has 1 aromatic rings. The van der Waals surface area contributed by atoms with Gasteiger partial charge in [-0.15, -0.1) is 0 Å². The van der Waals surface area contributed by atoms with E-state index in [1.807, 2.05) is 30.3 Å². The monoisotopic (exact) mass is 329 g/mol. The number of carbonyl (C=O) groups is 2. The third kappa shape index (κ3) is 5.27. The third-order valence-electron chi connectivity index (χ3n) is 4.46. The van der Waals surface area contributed by atoms with Gasteiger partial charge in [0.25, 0.3) is 0 Å². The number of nitrogens with zero attached hydrogens (tertiary/aromatic N) is 1. The number of hydrogen-bond donors (Lipinski definition) is 3. The molecule has 0 aromatic heterocycles. The van der Waals surface area contributed by atoms with Crippen LogP contribution in [0, 0.1) is 17.2 Å². The maximum Gasteiger partial charge on any atom is 0.315 e. The molecule has 1 aromatic carbocycles. The first-order valence-corrected chi connectivity index (χ1v) is 8.32. The van der Waals surface area contributed by atoms with Gasteiger partial charge in [0.1, 0.15) is 0 Å². The van der Waals surface area contributed by atoms with Crippen molar-refractivity contribution in [3.05, 3.63) is 35.9 Å². The van der Waals surface area contributed by atoms with Gasteiger partial charge in [0.2, 0.25) is 0 Å². The molecule has 1 atom stereocenters. The molecule has 0 spiro atoms. The number of carbonyl (C=O) groups excluding carboxylic acids is 1. The molecule has 6 heteroatoms. The van der Waals surface area contributed by atoms with Crippen molar-refractivity contribution in [2.24, 2.45) is 5.92 Å². The largest absolute Gasteiger partial charge is 0.481 e. The van der Waals surface area contributed by atoms with Gasteiger partial charge in [0.05, 0.1) is 18.0 Å². The summed E-state index contributed by atoms with van der Waals surface area (Å²) in [5, 5.41) is 23.7. The highest BCUT2D eigenvalue weighted by atomic mass is 16.4. The standard InChI is InChI=1S/C18H23N3O3/c19-12-4-7-16(13-5-2-1-3-6-13)21-18(24)20-15-10-8-14(9-11-15)17(22)23/h1-3,5-6,14-16H,4,7-11H2,(H,22,23)(H2,20,21,24). The van der Waals surface area contributed by atoms with E-state index in [2.05, 4.69) is 16.7 Å². The van der Waals surface area contributed by atoms with E-state index >= 15 is 0 Å². The number of carboxylic acid groups (broad SMARTS) is 1. The molecule has 0 bridgehead atoms. The van der Waals surface area contributed by atoms with Gasteiger partial charge in [0.15, 0.2) is 0 Å². The molecule has 2 rings (SSSR count). The Bertz CT molecular complexity index is 589. The van der Waals surface area contributed by atoms with Gasteiger partial charge < -0.3 is 15.7 Å². The van der Waals surface area contributed by atoms with Crippen LogP contribution in [-0.4, -0.2) is 23.1 Å². The van der Waals surface area contributed by atoms with Crippen LogP contribution in [0.1, 0.15) is 50.1 Å². The number of aliphatic carboxylic acids is 1. The van der Waals surface area contributed by atoms with Crippen LogP contribution in [0.3, 0.4) is 0 Å². The molecule has 2 amide bonds. The van der Waals surface area contributed by atoms with E-state index in [0.717, 1.165) is 5.56 Å². The first kappa shape index (κ1) is 17.8. The highest BCUT2D eigenvalue weighted by Crippen LogP contribution is 2.24. The molecule has 6 nitrogen and oxygen atoms in total. The third-order valence-corrected chi connectivity index (χ3v) is 4.46. The number of nitrogens with one attached hydrogen (secondary N) is 2. The molecular formula is C18H23N3O3. The molecule has 0 aliphatic heterocycles. The van der Waals surface area contributed by atoms with Crippen molar-refractivity contribution >= 4 is 12.0 Å². The number of nitriles is 1. The summed E-state index contributed by atoms with van der Waals surface area (Å²) in [7, 11) is 0. The molecule has 128 valence electrons. The van der Waals surface area contributed by atoms with E-state index in [9.17, 15) is 9.59 Å². The second kappa shape index (κ2) is 8.92. The van der Waals surface area contributed by atoms with Gasteiger partial charge >= 0.3 is 12.0 Å². The Balaban J connectivity index is 1.87. The molecule has 24 heavy (non-hydrogen) atoms. The van der Waals surface area contributed by atoms with Crippen molar-refractivity contribution in [1.82, 2.24) is 10.6 Å². The summed E-state index contributed by atoms with van der Waals surface area (Å²) in [6.45, 7) is 0. The normalized spacial score (nSPS) is 21.3. The van der Waals surface area contributed by atoms with Gasteiger partial charge in [0, 0.05) is 12.5 Å². The van der Waals surface area contributed by atoms with Crippen molar-refractivity contribution in [3.63, 3.8) is 0 Å². The second-order valence-corrected chi connectivity index (χ2v) is 6.16. The van der Waals surface area contributed by atoms with Crippen LogP contribution in [-0.2, 0) is 4.79 Å². The number of hydrogen-bond acceptors (Lipinski definition) is 3. The number of urea groups is 1. The lowest BCUT2D eigenvalue weighted by Crippen LogP contribution is -2.45. The minimum Gasteiger partial charge on any atom is -0.481 e. The quantitative estimate of drug-likeness (QED) is 0.746. The van der Waals surface area contributed by atoms with Crippen molar-refractivity contribution < 1.29 is 14.7 Å². The molecule has 3 N–H and O–H groups in total. The minimum absolute atomic E-state index is 0.00740. The summed E-state index contributed by atoms with van der Waals surface area (Å²) < 4.78 is 0. The highest BCUT2D eigenvalue weighted by molar-refractivity contribution is 5.75. The van der Waals surface area contributed by atoms with Gasteiger partial charge in [-0.25, -0.2) is 4.79 Å². The average Bonchev–Trinajstić information content (AvgIpc) is 2.59. The molecule has 1 unspecified atom stereocenters. The SMILES string of the molecule is N#CCCC(NC(=O)NC1CCC(C(=O)O)CC1)c1ccccc1. The molecular weight excluding hydrogens is 306 g/mol. The summed E-state index contributed by atoms with van der Waals surface area (Å²) in [5.74, 6) is -1.04. The summed E-state index contributed by atoms with van der Waals surface area (Å²) >= 11 is 0. The van der Waals surface area contributed by atoms with Gasteiger partial charge in [-0.1, -0.05) is 30.3 Å². The topological polar surface area (TPSA) is 102 Å². The fraction of sp³-hybridized carbons (Fsp3) is 0.500. The van der Waals surface area contributed by atoms with Crippen LogP contribution in [0.2, 0.25) is 0 Å². The van der Waals surface area contributed by atoms with Crippen molar-refractivity contribution in [1.29, 1.82) is 5.26 Å². The van der Waals surface area contributed by atoms with E-state index in [1.165, 1.54) is 0 Å². The first-order chi connectivity index (χ1) is 11.6. The first-order valence-electron chi connectivity index (χ1n) is 8.32. The van der Waals surface area contributed by atoms with Crippen LogP contribution < -0.4 is 10.6 Å². The fourth-order valence-electron chi connectivity index (χ4n) is 3.09. The molecule has 0 radical (unpaired) electrons. The predicted molar refractivity (Wildman–Crippen MR) is 89.1 cm³/mol. The van der Waals surface area contributed by atoms with Gasteiger partial charge in [-0.05, 0) is 37.7 Å². The van der Waals surface area contributed by atoms with Crippen molar-refractivity contribution in [2.45, 2.75) is 50.6 Å². The number of benzene rings is 1. The summed E-state index contributed by atoms with van der Waals surface area (Å²) in [6, 6.07) is 11.2. The Morgan fingerprint density at radius 3 is 2.46 bits per heavy atom. The van der Waals surface area contributed by atoms with E-state index in [4.69, 9.17) is 10.4 Å². The number of amides is 2. The average molecular weight is 329 g/mol. The lowest BCUT2D eigenvalue weighted by atomic mass is 9.86. The number of rotatable bonds is 6. The molecule has 0 saturated heterocycles. The molecule has 1 fully saturated rings. The molecule has 0 heterocycles. The molecule has 1 aliphatic rings. The van der Waals surface area contributed by atoms with E-state index < -0.39 is 5.97 Å². The van der Waals surface area contributed by atoms with Crippen LogP contribution >= 0.6 is 0 Å². The Hall–Kier alpha value is -2.55. The van der Waals surface area contributed by atoms with E-state index in [1.54, 1.807) is 0 Å². The molecule has 1 saturated carbocycles. The smallest absolute Gasteiger partial charge is 0.315 e. The zero-order valence-corrected chi connectivity index (χ0v) is 13.6. The van der Waals surface area contributed by atoms with Crippen molar-refractivity contribution in [3.8, 4) is 6.07 Å². The second-order valence-electron chi connectivity index (χ2n) is 6.16. The Kier molecular flexibility index (Phi) is 6.62. The highest BCUT2D eigenvalue weighted by Gasteiger charge is 2.27. The predicted octanol–water partition coefficient (Wildman–Crippen LogP) is 2.97. The fourth-order valence-corrected chi connectivity index (χ4v) is 3.09. The lowest BCUT2D eigenvalue weighted by molar-refractivity contribution is -0.142. The maximum atomic E-state index is 12.3. The summed E-state index contributed by atoms with van der Waals surface area (Å²) in [5.41, 5.74) is 0.970.